The molecule has 0 radical (unpaired) electrons. The maximum Gasteiger partial charge on any atom is 0.251 e. The van der Waals surface area contributed by atoms with Gasteiger partial charge in [-0.1, -0.05) is 30.7 Å². The molecule has 7 nitrogen and oxygen atoms in total. The van der Waals surface area contributed by atoms with Crippen LogP contribution in [0, 0.1) is 0 Å². The Morgan fingerprint density at radius 3 is 2.18 bits per heavy atom. The maximum absolute atomic E-state index is 12.8. The van der Waals surface area contributed by atoms with Crippen molar-refractivity contribution in [1.29, 1.82) is 0 Å². The van der Waals surface area contributed by atoms with Gasteiger partial charge in [0.15, 0.2) is 0 Å². The van der Waals surface area contributed by atoms with E-state index < -0.39 is 15.9 Å². The molecule has 150 valence electrons. The van der Waals surface area contributed by atoms with Crippen molar-refractivity contribution in [2.24, 2.45) is 0 Å². The van der Waals surface area contributed by atoms with Gasteiger partial charge in [-0.15, -0.1) is 0 Å². The topological polar surface area (TPSA) is 95.6 Å². The lowest BCUT2D eigenvalue weighted by Gasteiger charge is -2.20. The number of amides is 2. The van der Waals surface area contributed by atoms with E-state index in [0.29, 0.717) is 10.6 Å². The van der Waals surface area contributed by atoms with E-state index in [-0.39, 0.29) is 30.4 Å². The highest BCUT2D eigenvalue weighted by molar-refractivity contribution is 7.89. The van der Waals surface area contributed by atoms with Crippen molar-refractivity contribution in [3.05, 3.63) is 64.7 Å². The van der Waals surface area contributed by atoms with Crippen LogP contribution in [0.15, 0.2) is 53.4 Å². The molecule has 9 heteroatoms. The smallest absolute Gasteiger partial charge is 0.251 e. The molecule has 2 rings (SSSR count). The van der Waals surface area contributed by atoms with Crippen LogP contribution in [0.2, 0.25) is 5.02 Å². The number of rotatable bonds is 8. The van der Waals surface area contributed by atoms with Crippen LogP contribution in [0.1, 0.15) is 22.8 Å². The Morgan fingerprint density at radius 2 is 1.64 bits per heavy atom. The average Bonchev–Trinajstić information content (AvgIpc) is 2.70. The maximum atomic E-state index is 12.8. The van der Waals surface area contributed by atoms with Crippen LogP contribution in [0.25, 0.3) is 0 Å². The number of nitrogens with zero attached hydrogens (tertiary/aromatic N) is 1. The van der Waals surface area contributed by atoms with Crippen molar-refractivity contribution >= 4 is 33.4 Å². The highest BCUT2D eigenvalue weighted by Gasteiger charge is 2.25. The number of halogens is 1. The van der Waals surface area contributed by atoms with Gasteiger partial charge in [0, 0.05) is 30.7 Å². The Labute approximate surface area is 169 Å². The fraction of sp³-hybridized carbons (Fsp3) is 0.263. The van der Waals surface area contributed by atoms with E-state index in [1.165, 1.54) is 31.3 Å². The number of carbonyl (C=O) groups is 2. The standard InChI is InChI=1S/C19H22ClN3O4S/c1-3-23(13-18(24)22-12-14-4-8-16(20)9-5-14)28(26,27)17-10-6-15(7-11-17)19(25)21-2/h4-11H,3,12-13H2,1-2H3,(H,21,25)(H,22,24). The van der Waals surface area contributed by atoms with Gasteiger partial charge in [0.2, 0.25) is 15.9 Å². The molecule has 0 aromatic heterocycles. The Morgan fingerprint density at radius 1 is 1.04 bits per heavy atom. The molecular formula is C19H22ClN3O4S. The van der Waals surface area contributed by atoms with E-state index >= 15 is 0 Å². The van der Waals surface area contributed by atoms with Crippen molar-refractivity contribution in [3.8, 4) is 0 Å². The molecule has 0 bridgehead atoms. The van der Waals surface area contributed by atoms with Gasteiger partial charge in [0.1, 0.15) is 0 Å². The third-order valence-corrected chi connectivity index (χ3v) is 6.24. The second-order valence-electron chi connectivity index (χ2n) is 5.94. The lowest BCUT2D eigenvalue weighted by molar-refractivity contribution is -0.121. The second-order valence-corrected chi connectivity index (χ2v) is 8.31. The number of hydrogen-bond donors (Lipinski definition) is 2. The van der Waals surface area contributed by atoms with Crippen LogP contribution in [-0.4, -0.2) is 44.7 Å². The third kappa shape index (κ3) is 5.54. The second kappa shape index (κ2) is 9.68. The number of hydrogen-bond acceptors (Lipinski definition) is 4. The first-order chi connectivity index (χ1) is 13.3. The van der Waals surface area contributed by atoms with E-state index in [1.807, 2.05) is 0 Å². The molecule has 2 amide bonds. The quantitative estimate of drug-likeness (QED) is 0.679. The normalized spacial score (nSPS) is 11.3. The molecule has 28 heavy (non-hydrogen) atoms. The minimum absolute atomic E-state index is 0.0208. The molecule has 0 aliphatic heterocycles. The number of sulfonamides is 1. The van der Waals surface area contributed by atoms with Gasteiger partial charge >= 0.3 is 0 Å². The number of nitrogens with one attached hydrogen (secondary N) is 2. The summed E-state index contributed by atoms with van der Waals surface area (Å²) in [4.78, 5) is 23.8. The largest absolute Gasteiger partial charge is 0.355 e. The lowest BCUT2D eigenvalue weighted by atomic mass is 10.2. The minimum Gasteiger partial charge on any atom is -0.355 e. The monoisotopic (exact) mass is 423 g/mol. The van der Waals surface area contributed by atoms with Gasteiger partial charge < -0.3 is 10.6 Å². The Hall–Kier alpha value is -2.42. The van der Waals surface area contributed by atoms with Crippen molar-refractivity contribution in [2.75, 3.05) is 20.1 Å². The molecule has 2 N–H and O–H groups in total. The highest BCUT2D eigenvalue weighted by atomic mass is 35.5. The SMILES string of the molecule is CCN(CC(=O)NCc1ccc(Cl)cc1)S(=O)(=O)c1ccc(C(=O)NC)cc1. The first-order valence-corrected chi connectivity index (χ1v) is 10.4. The van der Waals surface area contributed by atoms with Crippen LogP contribution in [0.4, 0.5) is 0 Å². The summed E-state index contributed by atoms with van der Waals surface area (Å²) < 4.78 is 26.7. The number of benzene rings is 2. The molecule has 0 saturated heterocycles. The van der Waals surface area contributed by atoms with Crippen molar-refractivity contribution in [3.63, 3.8) is 0 Å². The van der Waals surface area contributed by atoms with Crippen LogP contribution in [0.3, 0.4) is 0 Å². The van der Waals surface area contributed by atoms with Crippen LogP contribution in [-0.2, 0) is 21.4 Å². The van der Waals surface area contributed by atoms with Crippen LogP contribution >= 0.6 is 11.6 Å². The molecule has 0 unspecified atom stereocenters. The summed E-state index contributed by atoms with van der Waals surface area (Å²) in [5.41, 5.74) is 1.21. The van der Waals surface area contributed by atoms with Gasteiger partial charge in [-0.3, -0.25) is 9.59 Å². The summed E-state index contributed by atoms with van der Waals surface area (Å²) in [5.74, 6) is -0.722. The summed E-state index contributed by atoms with van der Waals surface area (Å²) >= 11 is 5.82. The van der Waals surface area contributed by atoms with E-state index in [1.54, 1.807) is 31.2 Å². The van der Waals surface area contributed by atoms with Gasteiger partial charge in [-0.2, -0.15) is 4.31 Å². The zero-order valence-corrected chi connectivity index (χ0v) is 17.2. The van der Waals surface area contributed by atoms with Crippen molar-refractivity contribution in [2.45, 2.75) is 18.4 Å². The molecule has 0 spiro atoms. The van der Waals surface area contributed by atoms with Crippen molar-refractivity contribution in [1.82, 2.24) is 14.9 Å². The molecule has 0 aliphatic carbocycles. The van der Waals surface area contributed by atoms with Crippen LogP contribution in [0.5, 0.6) is 0 Å². The summed E-state index contributed by atoms with van der Waals surface area (Å²) in [5, 5.41) is 5.77. The average molecular weight is 424 g/mol. The zero-order chi connectivity index (χ0) is 20.7. The third-order valence-electron chi connectivity index (χ3n) is 4.06. The molecule has 0 aliphatic rings. The first kappa shape index (κ1) is 21.9. The molecule has 0 fully saturated rings. The fourth-order valence-corrected chi connectivity index (χ4v) is 3.99. The van der Waals surface area contributed by atoms with Gasteiger partial charge in [0.25, 0.3) is 5.91 Å². The van der Waals surface area contributed by atoms with Crippen molar-refractivity contribution < 1.29 is 18.0 Å². The summed E-state index contributed by atoms with van der Waals surface area (Å²) in [6, 6.07) is 12.6. The predicted molar refractivity (Wildman–Crippen MR) is 108 cm³/mol. The highest BCUT2D eigenvalue weighted by Crippen LogP contribution is 2.16. The Balaban J connectivity index is 2.04. The van der Waals surface area contributed by atoms with Gasteiger partial charge in [-0.25, -0.2) is 8.42 Å². The molecule has 2 aromatic carbocycles. The Kier molecular flexibility index (Phi) is 7.56. The first-order valence-electron chi connectivity index (χ1n) is 8.61. The lowest BCUT2D eigenvalue weighted by Crippen LogP contribution is -2.40. The molecule has 2 aromatic rings. The summed E-state index contributed by atoms with van der Waals surface area (Å²) in [6.07, 6.45) is 0. The van der Waals surface area contributed by atoms with E-state index in [4.69, 9.17) is 11.6 Å². The summed E-state index contributed by atoms with van der Waals surface area (Å²) in [6.45, 7) is 1.76. The predicted octanol–water partition coefficient (Wildman–Crippen LogP) is 2.03. The number of carbonyl (C=O) groups excluding carboxylic acids is 2. The molecule has 0 heterocycles. The molecular weight excluding hydrogens is 402 g/mol. The fourth-order valence-electron chi connectivity index (χ4n) is 2.46. The van der Waals surface area contributed by atoms with Gasteiger partial charge in [0.05, 0.1) is 11.4 Å². The van der Waals surface area contributed by atoms with E-state index in [9.17, 15) is 18.0 Å². The van der Waals surface area contributed by atoms with Gasteiger partial charge in [-0.05, 0) is 42.0 Å². The minimum atomic E-state index is -3.86. The summed E-state index contributed by atoms with van der Waals surface area (Å²) in [7, 11) is -2.37. The van der Waals surface area contributed by atoms with E-state index in [0.717, 1.165) is 9.87 Å². The van der Waals surface area contributed by atoms with E-state index in [2.05, 4.69) is 10.6 Å². The number of likely N-dealkylation sites (N-methyl/N-ethyl adjacent to an activating group) is 1. The zero-order valence-electron chi connectivity index (χ0n) is 15.6. The molecule has 0 saturated carbocycles. The van der Waals surface area contributed by atoms with Crippen LogP contribution < -0.4 is 10.6 Å². The molecule has 0 atom stereocenters. The Bertz CT molecular complexity index is 929.